The molecule has 0 radical (unpaired) electrons. The van der Waals surface area contributed by atoms with Gasteiger partial charge in [-0.15, -0.1) is 24.8 Å². The minimum atomic E-state index is 0. The van der Waals surface area contributed by atoms with E-state index in [1.165, 1.54) is 51.0 Å². The maximum absolute atomic E-state index is 5.82. The monoisotopic (exact) mass is 409 g/mol. The average Bonchev–Trinajstić information content (AvgIpc) is 3.04. The molecule has 6 heteroatoms. The Morgan fingerprint density at radius 2 is 1.78 bits per heavy atom. The number of nitrogens with zero attached hydrogens (tertiary/aromatic N) is 2. The van der Waals surface area contributed by atoms with Gasteiger partial charge in [-0.1, -0.05) is 18.2 Å². The van der Waals surface area contributed by atoms with E-state index < -0.39 is 0 Å². The highest BCUT2D eigenvalue weighted by atomic mass is 35.5. The average molecular weight is 410 g/mol. The normalized spacial score (nSPS) is 18.5. The van der Waals surface area contributed by atoms with Crippen molar-refractivity contribution in [3.8, 4) is 5.75 Å². The lowest BCUT2D eigenvalue weighted by molar-refractivity contribution is 0.194. The van der Waals surface area contributed by atoms with Gasteiger partial charge in [0.05, 0.1) is 5.69 Å². The van der Waals surface area contributed by atoms with E-state index in [1.807, 2.05) is 18.2 Å². The van der Waals surface area contributed by atoms with Crippen LogP contribution in [-0.2, 0) is 13.2 Å². The first-order valence-electron chi connectivity index (χ1n) is 9.36. The Morgan fingerprint density at radius 1 is 1.00 bits per heavy atom. The molecule has 0 aliphatic carbocycles. The summed E-state index contributed by atoms with van der Waals surface area (Å²) in [6, 6.07) is 14.4. The lowest BCUT2D eigenvalue weighted by Gasteiger charge is -2.33. The number of piperidine rings is 1. The highest BCUT2D eigenvalue weighted by Crippen LogP contribution is 2.39. The maximum Gasteiger partial charge on any atom is 0.130 e. The number of nitrogens with one attached hydrogen (secondary N) is 1. The van der Waals surface area contributed by atoms with Crippen molar-refractivity contribution in [2.75, 3.05) is 26.2 Å². The van der Waals surface area contributed by atoms with E-state index in [0.29, 0.717) is 12.0 Å². The molecule has 0 bridgehead atoms. The van der Waals surface area contributed by atoms with Crippen LogP contribution in [0.2, 0.25) is 0 Å². The molecule has 0 saturated carbocycles. The lowest BCUT2D eigenvalue weighted by atomic mass is 9.78. The predicted octanol–water partition coefficient (Wildman–Crippen LogP) is 4.08. The molecule has 4 nitrogen and oxygen atoms in total. The third kappa shape index (κ3) is 5.82. The van der Waals surface area contributed by atoms with Gasteiger partial charge in [0.2, 0.25) is 0 Å². The molecule has 1 aromatic heterocycles. The molecule has 3 heterocycles. The number of pyridine rings is 1. The van der Waals surface area contributed by atoms with Crippen LogP contribution in [0.4, 0.5) is 0 Å². The van der Waals surface area contributed by atoms with Gasteiger partial charge < -0.3 is 10.1 Å². The third-order valence-electron chi connectivity index (χ3n) is 5.62. The Kier molecular flexibility index (Phi) is 8.36. The topological polar surface area (TPSA) is 37.4 Å². The van der Waals surface area contributed by atoms with Crippen molar-refractivity contribution in [3.63, 3.8) is 0 Å². The number of hydrogen-bond acceptors (Lipinski definition) is 4. The molecular formula is C21H29Cl2N3O. The Bertz CT molecular complexity index is 676. The number of rotatable bonds is 5. The van der Waals surface area contributed by atoms with Gasteiger partial charge in [0, 0.05) is 19.3 Å². The molecule has 2 aliphatic rings. The molecule has 2 fully saturated rings. The van der Waals surface area contributed by atoms with Crippen molar-refractivity contribution < 1.29 is 4.74 Å². The fraction of sp³-hybridized carbons (Fsp3) is 0.476. The summed E-state index contributed by atoms with van der Waals surface area (Å²) in [5.74, 6) is 0.908. The standard InChI is InChI=1S/C21H27N3O.2ClH/c1-2-11-23-19(3-1)16-25-20-6-4-18(5-7-20)15-24-14-10-21(17-24)8-12-22-13-9-21;;/h1-7,11,22H,8-10,12-17H2;2*1H. The number of halogens is 2. The van der Waals surface area contributed by atoms with E-state index >= 15 is 0 Å². The van der Waals surface area contributed by atoms with Crippen LogP contribution < -0.4 is 10.1 Å². The zero-order valence-electron chi connectivity index (χ0n) is 15.6. The molecule has 1 spiro atoms. The van der Waals surface area contributed by atoms with E-state index in [4.69, 9.17) is 4.74 Å². The Balaban J connectivity index is 0.00000131. The van der Waals surface area contributed by atoms with Gasteiger partial charge in [-0.25, -0.2) is 0 Å². The highest BCUT2D eigenvalue weighted by molar-refractivity contribution is 5.85. The van der Waals surface area contributed by atoms with E-state index in [2.05, 4.69) is 39.5 Å². The van der Waals surface area contributed by atoms with Crippen molar-refractivity contribution in [3.05, 3.63) is 59.9 Å². The molecule has 4 rings (SSSR count). The first-order chi connectivity index (χ1) is 12.3. The van der Waals surface area contributed by atoms with Crippen molar-refractivity contribution in [2.24, 2.45) is 5.41 Å². The molecule has 27 heavy (non-hydrogen) atoms. The van der Waals surface area contributed by atoms with Gasteiger partial charge in [0.25, 0.3) is 0 Å². The second-order valence-electron chi connectivity index (χ2n) is 7.46. The van der Waals surface area contributed by atoms with E-state index in [-0.39, 0.29) is 24.8 Å². The molecule has 2 saturated heterocycles. The number of ether oxygens (including phenoxy) is 1. The smallest absolute Gasteiger partial charge is 0.130 e. The van der Waals surface area contributed by atoms with Crippen molar-refractivity contribution in [2.45, 2.75) is 32.4 Å². The van der Waals surface area contributed by atoms with Crippen LogP contribution in [-0.4, -0.2) is 36.1 Å². The van der Waals surface area contributed by atoms with Gasteiger partial charge in [0.15, 0.2) is 0 Å². The van der Waals surface area contributed by atoms with E-state index in [9.17, 15) is 0 Å². The van der Waals surface area contributed by atoms with Gasteiger partial charge >= 0.3 is 0 Å². The Hall–Kier alpha value is -1.33. The number of benzene rings is 1. The number of likely N-dealkylation sites (tertiary alicyclic amines) is 1. The van der Waals surface area contributed by atoms with E-state index in [1.54, 1.807) is 6.20 Å². The van der Waals surface area contributed by atoms with Crippen molar-refractivity contribution in [1.29, 1.82) is 0 Å². The van der Waals surface area contributed by atoms with Crippen LogP contribution in [0.3, 0.4) is 0 Å². The van der Waals surface area contributed by atoms with Crippen LogP contribution in [0, 0.1) is 5.41 Å². The Morgan fingerprint density at radius 3 is 2.48 bits per heavy atom. The van der Waals surface area contributed by atoms with Gasteiger partial charge in [-0.2, -0.15) is 0 Å². The van der Waals surface area contributed by atoms with Crippen LogP contribution in [0.5, 0.6) is 5.75 Å². The lowest BCUT2D eigenvalue weighted by Crippen LogP contribution is -2.38. The number of aromatic nitrogens is 1. The summed E-state index contributed by atoms with van der Waals surface area (Å²) in [5.41, 5.74) is 2.91. The zero-order chi connectivity index (χ0) is 17.0. The summed E-state index contributed by atoms with van der Waals surface area (Å²) < 4.78 is 5.82. The third-order valence-corrected chi connectivity index (χ3v) is 5.62. The summed E-state index contributed by atoms with van der Waals surface area (Å²) in [4.78, 5) is 6.91. The first kappa shape index (κ1) is 22.0. The SMILES string of the molecule is Cl.Cl.c1ccc(COc2ccc(CN3CCC4(CCNCC4)C3)cc2)nc1. The fourth-order valence-electron chi connectivity index (χ4n) is 4.12. The highest BCUT2D eigenvalue weighted by Gasteiger charge is 2.38. The molecule has 2 aromatic rings. The van der Waals surface area contributed by atoms with Gasteiger partial charge in [-0.3, -0.25) is 9.88 Å². The van der Waals surface area contributed by atoms with Gasteiger partial charge in [0.1, 0.15) is 12.4 Å². The summed E-state index contributed by atoms with van der Waals surface area (Å²) in [5, 5.41) is 3.49. The summed E-state index contributed by atoms with van der Waals surface area (Å²) in [6.45, 7) is 6.44. The minimum absolute atomic E-state index is 0. The van der Waals surface area contributed by atoms with Crippen LogP contribution >= 0.6 is 24.8 Å². The molecule has 0 amide bonds. The van der Waals surface area contributed by atoms with Crippen molar-refractivity contribution >= 4 is 24.8 Å². The molecule has 1 aromatic carbocycles. The van der Waals surface area contributed by atoms with E-state index in [0.717, 1.165) is 18.0 Å². The molecular weight excluding hydrogens is 381 g/mol. The summed E-state index contributed by atoms with van der Waals surface area (Å²) >= 11 is 0. The summed E-state index contributed by atoms with van der Waals surface area (Å²) in [6.07, 6.45) is 5.83. The largest absolute Gasteiger partial charge is 0.487 e. The minimum Gasteiger partial charge on any atom is -0.487 e. The maximum atomic E-state index is 5.82. The van der Waals surface area contributed by atoms with Crippen LogP contribution in [0.15, 0.2) is 48.7 Å². The molecule has 2 aliphatic heterocycles. The van der Waals surface area contributed by atoms with Gasteiger partial charge in [-0.05, 0) is 74.1 Å². The second kappa shape index (κ2) is 10.3. The second-order valence-corrected chi connectivity index (χ2v) is 7.46. The molecule has 0 atom stereocenters. The molecule has 148 valence electrons. The fourth-order valence-corrected chi connectivity index (χ4v) is 4.12. The van der Waals surface area contributed by atoms with Crippen molar-refractivity contribution in [1.82, 2.24) is 15.2 Å². The first-order valence-corrected chi connectivity index (χ1v) is 9.36. The zero-order valence-corrected chi connectivity index (χ0v) is 17.2. The van der Waals surface area contributed by atoms with Crippen LogP contribution in [0.25, 0.3) is 0 Å². The Labute approximate surface area is 174 Å². The quantitative estimate of drug-likeness (QED) is 0.806. The predicted molar refractivity (Wildman–Crippen MR) is 114 cm³/mol. The number of hydrogen-bond donors (Lipinski definition) is 1. The molecule has 1 N–H and O–H groups in total. The summed E-state index contributed by atoms with van der Waals surface area (Å²) in [7, 11) is 0. The molecule has 0 unspecified atom stereocenters. The van der Waals surface area contributed by atoms with Crippen LogP contribution in [0.1, 0.15) is 30.5 Å².